The van der Waals surface area contributed by atoms with Crippen LogP contribution in [0.25, 0.3) is 5.57 Å². The lowest BCUT2D eigenvalue weighted by Crippen LogP contribution is -2.27. The van der Waals surface area contributed by atoms with Gasteiger partial charge in [-0.25, -0.2) is 13.4 Å². The van der Waals surface area contributed by atoms with Gasteiger partial charge >= 0.3 is 6.18 Å². The summed E-state index contributed by atoms with van der Waals surface area (Å²) in [5.41, 5.74) is 1.63. The SMILES string of the molecule is C=C(c1cccc(NS(=O)(=O)CC(F)(F)F)c1)c1c[nH]cn1. The van der Waals surface area contributed by atoms with Crippen molar-refractivity contribution in [3.05, 3.63) is 54.6 Å². The van der Waals surface area contributed by atoms with E-state index in [1.54, 1.807) is 12.3 Å². The molecule has 0 unspecified atom stereocenters. The molecule has 2 rings (SSSR count). The first-order chi connectivity index (χ1) is 10.2. The lowest BCUT2D eigenvalue weighted by atomic mass is 10.0. The van der Waals surface area contributed by atoms with E-state index in [2.05, 4.69) is 16.5 Å². The molecule has 1 aromatic carbocycles. The first-order valence-corrected chi connectivity index (χ1v) is 7.67. The Morgan fingerprint density at radius 3 is 2.68 bits per heavy atom. The smallest absolute Gasteiger partial charge is 0.351 e. The van der Waals surface area contributed by atoms with Crippen molar-refractivity contribution in [3.8, 4) is 0 Å². The fourth-order valence-corrected chi connectivity index (χ4v) is 2.76. The Kier molecular flexibility index (Phi) is 4.27. The zero-order valence-electron chi connectivity index (χ0n) is 11.2. The molecule has 0 radical (unpaired) electrons. The minimum atomic E-state index is -4.80. The van der Waals surface area contributed by atoms with Crippen molar-refractivity contribution in [2.24, 2.45) is 0 Å². The molecule has 0 bridgehead atoms. The average Bonchev–Trinajstić information content (AvgIpc) is 2.88. The molecule has 22 heavy (non-hydrogen) atoms. The van der Waals surface area contributed by atoms with Crippen LogP contribution in [0.3, 0.4) is 0 Å². The Balaban J connectivity index is 2.21. The van der Waals surface area contributed by atoms with E-state index in [1.165, 1.54) is 24.5 Å². The third kappa shape index (κ3) is 4.35. The van der Waals surface area contributed by atoms with Crippen LogP contribution in [0.1, 0.15) is 11.3 Å². The Morgan fingerprint density at radius 2 is 2.09 bits per heavy atom. The molecule has 0 aliphatic rings. The molecule has 1 aromatic heterocycles. The number of halogens is 3. The van der Waals surface area contributed by atoms with Crippen molar-refractivity contribution in [1.29, 1.82) is 0 Å². The van der Waals surface area contributed by atoms with Gasteiger partial charge in [0.15, 0.2) is 5.75 Å². The third-order valence-corrected chi connectivity index (χ3v) is 3.90. The summed E-state index contributed by atoms with van der Waals surface area (Å²) >= 11 is 0. The van der Waals surface area contributed by atoms with Crippen molar-refractivity contribution in [1.82, 2.24) is 9.97 Å². The van der Waals surface area contributed by atoms with Gasteiger partial charge in [0.1, 0.15) is 0 Å². The summed E-state index contributed by atoms with van der Waals surface area (Å²) in [6.45, 7) is 3.82. The second kappa shape index (κ2) is 5.84. The number of H-pyrrole nitrogens is 1. The topological polar surface area (TPSA) is 74.8 Å². The molecule has 2 aromatic rings. The number of sulfonamides is 1. The monoisotopic (exact) mass is 331 g/mol. The maximum atomic E-state index is 12.2. The lowest BCUT2D eigenvalue weighted by Gasteiger charge is -2.11. The second-order valence-electron chi connectivity index (χ2n) is 4.49. The van der Waals surface area contributed by atoms with E-state index in [4.69, 9.17) is 0 Å². The molecule has 0 aliphatic heterocycles. The highest BCUT2D eigenvalue weighted by atomic mass is 32.2. The van der Waals surface area contributed by atoms with Gasteiger partial charge in [0.25, 0.3) is 0 Å². The van der Waals surface area contributed by atoms with Gasteiger partial charge in [0, 0.05) is 17.5 Å². The molecule has 0 spiro atoms. The van der Waals surface area contributed by atoms with Crippen LogP contribution in [-0.2, 0) is 10.0 Å². The number of hydrogen-bond acceptors (Lipinski definition) is 3. The lowest BCUT2D eigenvalue weighted by molar-refractivity contribution is -0.106. The average molecular weight is 331 g/mol. The predicted octanol–water partition coefficient (Wildman–Crippen LogP) is 2.78. The van der Waals surface area contributed by atoms with E-state index in [0.29, 0.717) is 16.8 Å². The van der Waals surface area contributed by atoms with Gasteiger partial charge < -0.3 is 4.98 Å². The molecular weight excluding hydrogens is 319 g/mol. The normalized spacial score (nSPS) is 12.1. The molecule has 2 N–H and O–H groups in total. The quantitative estimate of drug-likeness (QED) is 0.885. The van der Waals surface area contributed by atoms with Crippen LogP contribution >= 0.6 is 0 Å². The van der Waals surface area contributed by atoms with Crippen LogP contribution in [0.5, 0.6) is 0 Å². The fourth-order valence-electron chi connectivity index (χ4n) is 1.77. The largest absolute Gasteiger partial charge is 0.404 e. The van der Waals surface area contributed by atoms with E-state index >= 15 is 0 Å². The molecule has 0 atom stereocenters. The van der Waals surface area contributed by atoms with Gasteiger partial charge in [-0.2, -0.15) is 13.2 Å². The highest BCUT2D eigenvalue weighted by molar-refractivity contribution is 7.92. The Labute approximate surface area is 124 Å². The number of benzene rings is 1. The highest BCUT2D eigenvalue weighted by Gasteiger charge is 2.35. The summed E-state index contributed by atoms with van der Waals surface area (Å²) in [6, 6.07) is 5.91. The molecule has 0 fully saturated rings. The molecule has 0 aliphatic carbocycles. The maximum Gasteiger partial charge on any atom is 0.404 e. The van der Waals surface area contributed by atoms with Gasteiger partial charge in [-0.05, 0) is 17.7 Å². The summed E-state index contributed by atoms with van der Waals surface area (Å²) in [4.78, 5) is 6.75. The minimum Gasteiger partial charge on any atom is -0.351 e. The van der Waals surface area contributed by atoms with E-state index in [0.717, 1.165) is 0 Å². The highest BCUT2D eigenvalue weighted by Crippen LogP contribution is 2.24. The predicted molar refractivity (Wildman–Crippen MR) is 76.6 cm³/mol. The summed E-state index contributed by atoms with van der Waals surface area (Å²) in [7, 11) is -4.52. The van der Waals surface area contributed by atoms with Crippen LogP contribution in [0, 0.1) is 0 Å². The van der Waals surface area contributed by atoms with Gasteiger partial charge in [0.2, 0.25) is 10.0 Å². The Hall–Kier alpha value is -2.29. The number of anilines is 1. The molecule has 0 saturated heterocycles. The van der Waals surface area contributed by atoms with Crippen molar-refractivity contribution >= 4 is 21.3 Å². The van der Waals surface area contributed by atoms with E-state index in [1.807, 2.05) is 4.72 Å². The van der Waals surface area contributed by atoms with Crippen LogP contribution < -0.4 is 4.72 Å². The molecule has 5 nitrogen and oxygen atoms in total. The van der Waals surface area contributed by atoms with Crippen LogP contribution in [0.15, 0.2) is 43.4 Å². The van der Waals surface area contributed by atoms with Crippen LogP contribution in [0.4, 0.5) is 18.9 Å². The summed E-state index contributed by atoms with van der Waals surface area (Å²) in [5, 5.41) is 0. The van der Waals surface area contributed by atoms with Gasteiger partial charge in [-0.15, -0.1) is 0 Å². The van der Waals surface area contributed by atoms with Gasteiger partial charge in [-0.3, -0.25) is 4.72 Å². The van der Waals surface area contributed by atoms with Gasteiger partial charge in [0.05, 0.1) is 12.0 Å². The standard InChI is InChI=1S/C13H12F3N3O2S/c1-9(12-6-17-8-18-12)10-3-2-4-11(5-10)19-22(20,21)7-13(14,15)16/h2-6,8,19H,1,7H2,(H,17,18). The number of nitrogens with one attached hydrogen (secondary N) is 2. The summed E-state index contributed by atoms with van der Waals surface area (Å²) in [6.07, 6.45) is -1.75. The second-order valence-corrected chi connectivity index (χ2v) is 6.21. The minimum absolute atomic E-state index is 0.0263. The van der Waals surface area contributed by atoms with E-state index in [9.17, 15) is 21.6 Å². The first-order valence-electron chi connectivity index (χ1n) is 6.02. The van der Waals surface area contributed by atoms with Crippen LogP contribution in [0.2, 0.25) is 0 Å². The van der Waals surface area contributed by atoms with Crippen molar-refractivity contribution in [2.45, 2.75) is 6.18 Å². The maximum absolute atomic E-state index is 12.2. The zero-order valence-corrected chi connectivity index (χ0v) is 12.0. The van der Waals surface area contributed by atoms with Crippen LogP contribution in [-0.4, -0.2) is 30.3 Å². The van der Waals surface area contributed by atoms with E-state index in [-0.39, 0.29) is 5.69 Å². The molecular formula is C13H12F3N3O2S. The molecule has 1 heterocycles. The molecule has 9 heteroatoms. The molecule has 118 valence electrons. The van der Waals surface area contributed by atoms with Crippen molar-refractivity contribution < 1.29 is 21.6 Å². The number of hydrogen-bond donors (Lipinski definition) is 2. The number of imidazole rings is 1. The number of rotatable bonds is 5. The number of alkyl halides is 3. The molecule has 0 saturated carbocycles. The van der Waals surface area contributed by atoms with Gasteiger partial charge in [-0.1, -0.05) is 18.7 Å². The Morgan fingerprint density at radius 1 is 1.36 bits per heavy atom. The first kappa shape index (κ1) is 16.1. The van der Waals surface area contributed by atoms with Crippen molar-refractivity contribution in [2.75, 3.05) is 10.5 Å². The summed E-state index contributed by atoms with van der Waals surface area (Å²) in [5.74, 6) is -1.94. The van der Waals surface area contributed by atoms with E-state index < -0.39 is 22.0 Å². The number of aromatic nitrogens is 2. The van der Waals surface area contributed by atoms with Crippen molar-refractivity contribution in [3.63, 3.8) is 0 Å². The summed E-state index contributed by atoms with van der Waals surface area (Å²) < 4.78 is 61.4. The third-order valence-electron chi connectivity index (χ3n) is 2.65. The molecule has 0 amide bonds. The Bertz CT molecular complexity index is 768. The fraction of sp³-hybridized carbons (Fsp3) is 0.154. The number of nitrogens with zero attached hydrogens (tertiary/aromatic N) is 1. The number of aromatic amines is 1. The zero-order chi connectivity index (χ0) is 16.4.